The van der Waals surface area contributed by atoms with Gasteiger partial charge in [-0.3, -0.25) is 4.99 Å². The van der Waals surface area contributed by atoms with Crippen molar-refractivity contribution >= 4 is 21.9 Å². The maximum absolute atomic E-state index is 13.4. The fraction of sp³-hybridized carbons (Fsp3) is 0.462. The van der Waals surface area contributed by atoms with Crippen molar-refractivity contribution in [3.63, 3.8) is 0 Å². The first kappa shape index (κ1) is 15.0. The second kappa shape index (κ2) is 8.08. The van der Waals surface area contributed by atoms with E-state index in [4.69, 9.17) is 5.73 Å². The summed E-state index contributed by atoms with van der Waals surface area (Å²) in [6.07, 6.45) is 2.71. The van der Waals surface area contributed by atoms with Crippen LogP contribution in [0.2, 0.25) is 0 Å². The highest BCUT2D eigenvalue weighted by Crippen LogP contribution is 2.15. The Morgan fingerprint density at radius 3 is 3.00 bits per heavy atom. The Labute approximate surface area is 116 Å². The molecule has 0 aliphatic carbocycles. The van der Waals surface area contributed by atoms with Gasteiger partial charge in [0.1, 0.15) is 5.82 Å². The highest BCUT2D eigenvalue weighted by Gasteiger charge is 2.02. The van der Waals surface area contributed by atoms with E-state index in [2.05, 4.69) is 33.2 Å². The van der Waals surface area contributed by atoms with E-state index >= 15 is 0 Å². The Hall–Kier alpha value is -1.10. The highest BCUT2D eigenvalue weighted by molar-refractivity contribution is 9.10. The molecule has 0 fully saturated rings. The molecule has 0 spiro atoms. The van der Waals surface area contributed by atoms with Gasteiger partial charge in [0.05, 0.1) is 0 Å². The first-order valence-corrected chi connectivity index (χ1v) is 6.90. The van der Waals surface area contributed by atoms with E-state index in [0.717, 1.165) is 23.9 Å². The molecule has 0 radical (unpaired) electrons. The molecular weight excluding hydrogens is 297 g/mol. The fourth-order valence-electron chi connectivity index (χ4n) is 1.47. The minimum atomic E-state index is -0.193. The van der Waals surface area contributed by atoms with Crippen LogP contribution in [0, 0.1) is 5.82 Å². The number of hydrogen-bond donors (Lipinski definition) is 2. The van der Waals surface area contributed by atoms with Gasteiger partial charge in [-0.1, -0.05) is 29.3 Å². The SMILES string of the molecule is CCCCN=C(N)NCCc1cc(Br)ccc1F. The number of unbranched alkanes of at least 4 members (excludes halogenated alkanes) is 1. The zero-order valence-electron chi connectivity index (χ0n) is 10.5. The maximum atomic E-state index is 13.4. The van der Waals surface area contributed by atoms with Crippen molar-refractivity contribution in [3.8, 4) is 0 Å². The van der Waals surface area contributed by atoms with E-state index in [1.54, 1.807) is 12.1 Å². The van der Waals surface area contributed by atoms with Gasteiger partial charge in [0.2, 0.25) is 0 Å². The molecule has 0 bridgehead atoms. The Morgan fingerprint density at radius 2 is 2.28 bits per heavy atom. The van der Waals surface area contributed by atoms with Gasteiger partial charge in [0.25, 0.3) is 0 Å². The molecule has 1 aromatic carbocycles. The van der Waals surface area contributed by atoms with Crippen molar-refractivity contribution in [1.82, 2.24) is 5.32 Å². The predicted molar refractivity (Wildman–Crippen MR) is 77.2 cm³/mol. The van der Waals surface area contributed by atoms with E-state index < -0.39 is 0 Å². The largest absolute Gasteiger partial charge is 0.370 e. The normalized spacial score (nSPS) is 11.6. The van der Waals surface area contributed by atoms with Crippen LogP contribution in [-0.2, 0) is 6.42 Å². The molecular formula is C13H19BrFN3. The van der Waals surface area contributed by atoms with Gasteiger partial charge in [-0.15, -0.1) is 0 Å². The van der Waals surface area contributed by atoms with E-state index in [9.17, 15) is 4.39 Å². The summed E-state index contributed by atoms with van der Waals surface area (Å²) in [6, 6.07) is 4.92. The number of rotatable bonds is 6. The molecule has 1 aromatic rings. The third-order valence-corrected chi connectivity index (χ3v) is 3.00. The number of benzene rings is 1. The summed E-state index contributed by atoms with van der Waals surface area (Å²) in [4.78, 5) is 4.17. The zero-order chi connectivity index (χ0) is 13.4. The van der Waals surface area contributed by atoms with Crippen molar-refractivity contribution in [2.24, 2.45) is 10.7 Å². The van der Waals surface area contributed by atoms with Crippen molar-refractivity contribution in [1.29, 1.82) is 0 Å². The van der Waals surface area contributed by atoms with Gasteiger partial charge >= 0.3 is 0 Å². The second-order valence-corrected chi connectivity index (χ2v) is 4.95. The molecule has 5 heteroatoms. The standard InChI is InChI=1S/C13H19BrFN3/c1-2-3-7-17-13(16)18-8-6-10-9-11(14)4-5-12(10)15/h4-5,9H,2-3,6-8H2,1H3,(H3,16,17,18). The molecule has 0 atom stereocenters. The number of nitrogens with one attached hydrogen (secondary N) is 1. The van der Waals surface area contributed by atoms with Crippen LogP contribution in [0.15, 0.2) is 27.7 Å². The van der Waals surface area contributed by atoms with Crippen LogP contribution in [0.1, 0.15) is 25.3 Å². The summed E-state index contributed by atoms with van der Waals surface area (Å²) < 4.78 is 14.3. The van der Waals surface area contributed by atoms with Crippen molar-refractivity contribution in [2.75, 3.05) is 13.1 Å². The Morgan fingerprint density at radius 1 is 1.50 bits per heavy atom. The molecule has 0 aliphatic heterocycles. The van der Waals surface area contributed by atoms with E-state index in [-0.39, 0.29) is 5.82 Å². The lowest BCUT2D eigenvalue weighted by atomic mass is 10.1. The summed E-state index contributed by atoms with van der Waals surface area (Å²) in [5.74, 6) is 0.236. The maximum Gasteiger partial charge on any atom is 0.188 e. The first-order chi connectivity index (χ1) is 8.63. The number of hydrogen-bond acceptors (Lipinski definition) is 1. The smallest absolute Gasteiger partial charge is 0.188 e. The zero-order valence-corrected chi connectivity index (χ0v) is 12.1. The number of aliphatic imine (C=N–C) groups is 1. The number of nitrogens with two attached hydrogens (primary N) is 1. The Kier molecular flexibility index (Phi) is 6.72. The van der Waals surface area contributed by atoms with E-state index in [1.165, 1.54) is 6.07 Å². The third-order valence-electron chi connectivity index (χ3n) is 2.50. The molecule has 0 amide bonds. The molecule has 0 heterocycles. The van der Waals surface area contributed by atoms with Gasteiger partial charge < -0.3 is 11.1 Å². The molecule has 0 saturated carbocycles. The quantitative estimate of drug-likeness (QED) is 0.482. The van der Waals surface area contributed by atoms with E-state index in [0.29, 0.717) is 24.5 Å². The molecule has 18 heavy (non-hydrogen) atoms. The van der Waals surface area contributed by atoms with Crippen LogP contribution in [-0.4, -0.2) is 19.0 Å². The van der Waals surface area contributed by atoms with E-state index in [1.807, 2.05) is 0 Å². The summed E-state index contributed by atoms with van der Waals surface area (Å²) in [7, 11) is 0. The van der Waals surface area contributed by atoms with Gasteiger partial charge in [-0.05, 0) is 36.6 Å². The average molecular weight is 316 g/mol. The summed E-state index contributed by atoms with van der Waals surface area (Å²) in [5, 5.41) is 2.98. The predicted octanol–water partition coefficient (Wildman–Crippen LogP) is 2.84. The lowest BCUT2D eigenvalue weighted by molar-refractivity contribution is 0.607. The van der Waals surface area contributed by atoms with Crippen LogP contribution in [0.4, 0.5) is 4.39 Å². The highest BCUT2D eigenvalue weighted by atomic mass is 79.9. The molecule has 3 nitrogen and oxygen atoms in total. The first-order valence-electron chi connectivity index (χ1n) is 6.11. The molecule has 0 unspecified atom stereocenters. The van der Waals surface area contributed by atoms with Gasteiger partial charge in [0, 0.05) is 17.6 Å². The van der Waals surface area contributed by atoms with Crippen molar-refractivity contribution in [2.45, 2.75) is 26.2 Å². The lowest BCUT2D eigenvalue weighted by Gasteiger charge is -2.07. The van der Waals surface area contributed by atoms with Crippen LogP contribution in [0.25, 0.3) is 0 Å². The molecule has 3 N–H and O–H groups in total. The molecule has 1 rings (SSSR count). The minimum Gasteiger partial charge on any atom is -0.370 e. The number of nitrogens with zero attached hydrogens (tertiary/aromatic N) is 1. The minimum absolute atomic E-state index is 0.193. The average Bonchev–Trinajstić information content (AvgIpc) is 2.34. The third kappa shape index (κ3) is 5.49. The monoisotopic (exact) mass is 315 g/mol. The van der Waals surface area contributed by atoms with Crippen LogP contribution in [0.3, 0.4) is 0 Å². The fourth-order valence-corrected chi connectivity index (χ4v) is 1.88. The van der Waals surface area contributed by atoms with Crippen molar-refractivity contribution < 1.29 is 4.39 Å². The number of halogens is 2. The Bertz CT molecular complexity index is 407. The summed E-state index contributed by atoms with van der Waals surface area (Å²) in [5.41, 5.74) is 6.35. The van der Waals surface area contributed by atoms with Crippen LogP contribution < -0.4 is 11.1 Å². The van der Waals surface area contributed by atoms with Gasteiger partial charge in [0.15, 0.2) is 5.96 Å². The molecule has 0 aromatic heterocycles. The summed E-state index contributed by atoms with van der Waals surface area (Å²) >= 11 is 3.32. The number of guanidine groups is 1. The topological polar surface area (TPSA) is 50.4 Å². The van der Waals surface area contributed by atoms with Crippen LogP contribution >= 0.6 is 15.9 Å². The Balaban J connectivity index is 2.37. The van der Waals surface area contributed by atoms with Gasteiger partial charge in [-0.2, -0.15) is 0 Å². The molecule has 0 saturated heterocycles. The lowest BCUT2D eigenvalue weighted by Crippen LogP contribution is -2.33. The van der Waals surface area contributed by atoms with Crippen LogP contribution in [0.5, 0.6) is 0 Å². The molecule has 0 aliphatic rings. The van der Waals surface area contributed by atoms with Gasteiger partial charge in [-0.25, -0.2) is 4.39 Å². The second-order valence-electron chi connectivity index (χ2n) is 4.03. The molecule has 100 valence electrons. The summed E-state index contributed by atoms with van der Waals surface area (Å²) in [6.45, 7) is 3.42. The van der Waals surface area contributed by atoms with Crippen molar-refractivity contribution in [3.05, 3.63) is 34.1 Å².